The van der Waals surface area contributed by atoms with Crippen LogP contribution in [0.3, 0.4) is 0 Å². The van der Waals surface area contributed by atoms with Crippen molar-refractivity contribution in [2.24, 2.45) is 5.92 Å². The smallest absolute Gasteiger partial charge is 0.325 e. The van der Waals surface area contributed by atoms with Crippen molar-refractivity contribution in [1.29, 1.82) is 0 Å². The van der Waals surface area contributed by atoms with Gasteiger partial charge < -0.3 is 19.7 Å². The number of hydrogen-bond acceptors (Lipinski definition) is 5. The van der Waals surface area contributed by atoms with Gasteiger partial charge in [-0.1, -0.05) is 6.07 Å². The molecule has 1 saturated carbocycles. The molecule has 4 fully saturated rings. The van der Waals surface area contributed by atoms with Crippen LogP contribution < -0.4 is 5.32 Å². The Balaban J connectivity index is 1.21. The SMILES string of the molecule is O=C1CC(CN2C(=O)NC3(CCC4(CC3)OCCO4)C2=O)CN1Cc1ccc(F)cc1F. The van der Waals surface area contributed by atoms with Gasteiger partial charge in [-0.3, -0.25) is 14.5 Å². The normalized spacial score (nSPS) is 26.6. The van der Waals surface area contributed by atoms with E-state index >= 15 is 0 Å². The Labute approximate surface area is 183 Å². The maximum atomic E-state index is 14.0. The summed E-state index contributed by atoms with van der Waals surface area (Å²) in [7, 11) is 0. The number of likely N-dealkylation sites (tertiary alicyclic amines) is 1. The third-order valence-corrected chi connectivity index (χ3v) is 7.04. The zero-order chi connectivity index (χ0) is 22.5. The molecule has 172 valence electrons. The Kier molecular flexibility index (Phi) is 5.16. The van der Waals surface area contributed by atoms with Gasteiger partial charge in [0, 0.05) is 56.4 Å². The van der Waals surface area contributed by atoms with Crippen LogP contribution in [0.15, 0.2) is 18.2 Å². The summed E-state index contributed by atoms with van der Waals surface area (Å²) in [5.41, 5.74) is -0.723. The van der Waals surface area contributed by atoms with Crippen molar-refractivity contribution in [3.05, 3.63) is 35.4 Å². The summed E-state index contributed by atoms with van der Waals surface area (Å²) >= 11 is 0. The maximum Gasteiger partial charge on any atom is 0.325 e. The van der Waals surface area contributed by atoms with Gasteiger partial charge in [-0.2, -0.15) is 0 Å². The van der Waals surface area contributed by atoms with Gasteiger partial charge in [-0.25, -0.2) is 13.6 Å². The summed E-state index contributed by atoms with van der Waals surface area (Å²) in [5, 5.41) is 2.87. The Hall–Kier alpha value is -2.59. The molecule has 1 N–H and O–H groups in total. The third kappa shape index (κ3) is 3.65. The highest BCUT2D eigenvalue weighted by molar-refractivity contribution is 6.07. The van der Waals surface area contributed by atoms with Crippen molar-refractivity contribution in [3.63, 3.8) is 0 Å². The molecule has 2 spiro atoms. The highest BCUT2D eigenvalue weighted by Crippen LogP contribution is 2.43. The number of amides is 4. The molecule has 4 amide bonds. The third-order valence-electron chi connectivity index (χ3n) is 7.04. The van der Waals surface area contributed by atoms with Crippen LogP contribution in [0.5, 0.6) is 0 Å². The first kappa shape index (κ1) is 21.3. The average Bonchev–Trinajstić information content (AvgIpc) is 3.41. The van der Waals surface area contributed by atoms with Crippen molar-refractivity contribution in [2.45, 2.75) is 50.0 Å². The zero-order valence-electron chi connectivity index (χ0n) is 17.6. The number of benzene rings is 1. The maximum absolute atomic E-state index is 14.0. The first-order valence-corrected chi connectivity index (χ1v) is 10.9. The number of imide groups is 1. The molecule has 3 heterocycles. The lowest BCUT2D eigenvalue weighted by molar-refractivity contribution is -0.186. The van der Waals surface area contributed by atoms with Crippen molar-refractivity contribution in [3.8, 4) is 0 Å². The van der Waals surface area contributed by atoms with E-state index in [0.717, 1.165) is 12.1 Å². The van der Waals surface area contributed by atoms with Crippen LogP contribution in [-0.2, 0) is 25.6 Å². The lowest BCUT2D eigenvalue weighted by atomic mass is 9.78. The molecule has 3 saturated heterocycles. The molecule has 5 rings (SSSR count). The minimum Gasteiger partial charge on any atom is -0.348 e. The fourth-order valence-corrected chi connectivity index (χ4v) is 5.27. The Morgan fingerprint density at radius 2 is 1.78 bits per heavy atom. The van der Waals surface area contributed by atoms with E-state index in [2.05, 4.69) is 5.32 Å². The van der Waals surface area contributed by atoms with Crippen LogP contribution in [0.25, 0.3) is 0 Å². The van der Waals surface area contributed by atoms with Crippen LogP contribution in [0.2, 0.25) is 0 Å². The number of rotatable bonds is 4. The summed E-state index contributed by atoms with van der Waals surface area (Å²) in [6.45, 7) is 1.51. The van der Waals surface area contributed by atoms with Gasteiger partial charge in [-0.15, -0.1) is 0 Å². The van der Waals surface area contributed by atoms with Crippen LogP contribution in [0.1, 0.15) is 37.7 Å². The number of halogens is 2. The van der Waals surface area contributed by atoms with E-state index in [4.69, 9.17) is 9.47 Å². The monoisotopic (exact) mass is 449 g/mol. The number of nitrogens with zero attached hydrogens (tertiary/aromatic N) is 2. The number of ether oxygens (including phenoxy) is 2. The standard InChI is InChI=1S/C22H25F2N3O5/c23-16-2-1-15(17(24)10-16)13-26-11-14(9-18(26)28)12-27-19(29)21(25-20(27)30)3-5-22(6-4-21)31-7-8-32-22/h1-2,10,14H,3-9,11-13H2,(H,25,30). The molecule has 1 unspecified atom stereocenters. The molecule has 4 aliphatic rings. The highest BCUT2D eigenvalue weighted by atomic mass is 19.1. The summed E-state index contributed by atoms with van der Waals surface area (Å²) in [6.07, 6.45) is 2.11. The molecule has 1 aliphatic carbocycles. The predicted octanol–water partition coefficient (Wildman–Crippen LogP) is 1.92. The second-order valence-corrected chi connectivity index (χ2v) is 9.12. The molecule has 8 nitrogen and oxygen atoms in total. The molecule has 1 aromatic carbocycles. The second kappa shape index (κ2) is 7.77. The fourth-order valence-electron chi connectivity index (χ4n) is 5.27. The Morgan fingerprint density at radius 1 is 1.06 bits per heavy atom. The van der Waals surface area contributed by atoms with Crippen LogP contribution >= 0.6 is 0 Å². The highest BCUT2D eigenvalue weighted by Gasteiger charge is 2.56. The van der Waals surface area contributed by atoms with Crippen molar-refractivity contribution >= 4 is 17.8 Å². The quantitative estimate of drug-likeness (QED) is 0.710. The average molecular weight is 449 g/mol. The minimum absolute atomic E-state index is 0.0214. The van der Waals surface area contributed by atoms with Crippen molar-refractivity contribution in [1.82, 2.24) is 15.1 Å². The molecule has 10 heteroatoms. The Bertz CT molecular complexity index is 955. The molecule has 0 radical (unpaired) electrons. The summed E-state index contributed by atoms with van der Waals surface area (Å²) < 4.78 is 38.5. The van der Waals surface area contributed by atoms with E-state index in [1.807, 2.05) is 0 Å². The van der Waals surface area contributed by atoms with E-state index < -0.39 is 29.0 Å². The van der Waals surface area contributed by atoms with E-state index in [9.17, 15) is 23.2 Å². The van der Waals surface area contributed by atoms with Crippen LogP contribution in [0, 0.1) is 17.6 Å². The lowest BCUT2D eigenvalue weighted by Crippen LogP contribution is -2.53. The molecule has 1 aromatic rings. The van der Waals surface area contributed by atoms with E-state index in [1.165, 1.54) is 15.9 Å². The molecule has 0 aromatic heterocycles. The first-order valence-electron chi connectivity index (χ1n) is 10.9. The van der Waals surface area contributed by atoms with Gasteiger partial charge in [0.15, 0.2) is 5.79 Å². The second-order valence-electron chi connectivity index (χ2n) is 9.12. The van der Waals surface area contributed by atoms with Crippen LogP contribution in [0.4, 0.5) is 13.6 Å². The van der Waals surface area contributed by atoms with Crippen LogP contribution in [-0.4, -0.2) is 65.3 Å². The van der Waals surface area contributed by atoms with Gasteiger partial charge in [0.05, 0.1) is 13.2 Å². The zero-order valence-corrected chi connectivity index (χ0v) is 17.6. The number of carbonyl (C=O) groups excluding carboxylic acids is 3. The number of urea groups is 1. The molecule has 3 aliphatic heterocycles. The van der Waals surface area contributed by atoms with E-state index in [-0.39, 0.29) is 42.8 Å². The molecule has 1 atom stereocenters. The van der Waals surface area contributed by atoms with Crippen molar-refractivity contribution in [2.75, 3.05) is 26.3 Å². The molecular formula is C22H25F2N3O5. The predicted molar refractivity (Wildman–Crippen MR) is 106 cm³/mol. The molecule has 0 bridgehead atoms. The summed E-state index contributed by atoms with van der Waals surface area (Å²) in [5.74, 6) is -2.72. The number of nitrogens with one attached hydrogen (secondary N) is 1. The first-order chi connectivity index (χ1) is 15.3. The fraction of sp³-hybridized carbons (Fsp3) is 0.591. The molecule has 32 heavy (non-hydrogen) atoms. The summed E-state index contributed by atoms with van der Waals surface area (Å²) in [6, 6.07) is 2.81. The van der Waals surface area contributed by atoms with E-state index in [1.54, 1.807) is 0 Å². The molecular weight excluding hydrogens is 424 g/mol. The lowest BCUT2D eigenvalue weighted by Gasteiger charge is -2.39. The minimum atomic E-state index is -0.947. The topological polar surface area (TPSA) is 88.2 Å². The van der Waals surface area contributed by atoms with Gasteiger partial charge >= 0.3 is 6.03 Å². The largest absolute Gasteiger partial charge is 0.348 e. The van der Waals surface area contributed by atoms with Gasteiger partial charge in [0.2, 0.25) is 5.91 Å². The van der Waals surface area contributed by atoms with Gasteiger partial charge in [0.1, 0.15) is 17.2 Å². The number of carbonyl (C=O) groups is 3. The summed E-state index contributed by atoms with van der Waals surface area (Å²) in [4.78, 5) is 41.0. The van der Waals surface area contributed by atoms with Gasteiger partial charge in [-0.05, 0) is 18.9 Å². The number of hydrogen-bond donors (Lipinski definition) is 1. The van der Waals surface area contributed by atoms with Gasteiger partial charge in [0.25, 0.3) is 5.91 Å². The van der Waals surface area contributed by atoms with E-state index in [0.29, 0.717) is 45.4 Å². The van der Waals surface area contributed by atoms with Crippen molar-refractivity contribution < 1.29 is 32.6 Å². The Morgan fingerprint density at radius 3 is 2.47 bits per heavy atom.